The van der Waals surface area contributed by atoms with E-state index in [9.17, 15) is 9.59 Å². The van der Waals surface area contributed by atoms with Gasteiger partial charge in [-0.1, -0.05) is 12.1 Å². The summed E-state index contributed by atoms with van der Waals surface area (Å²) in [6.07, 6.45) is 5.12. The number of fused-ring (bicyclic) bond motifs is 1. The van der Waals surface area contributed by atoms with Crippen LogP contribution in [0.25, 0.3) is 10.9 Å². The molecule has 3 aromatic rings. The van der Waals surface area contributed by atoms with Crippen molar-refractivity contribution >= 4 is 28.4 Å². The Morgan fingerprint density at radius 2 is 1.88 bits per heavy atom. The van der Waals surface area contributed by atoms with Gasteiger partial charge in [-0.2, -0.15) is 0 Å². The third-order valence-electron chi connectivity index (χ3n) is 5.77. The van der Waals surface area contributed by atoms with E-state index in [1.807, 2.05) is 45.0 Å². The Labute approximate surface area is 194 Å². The summed E-state index contributed by atoms with van der Waals surface area (Å²) in [5.74, 6) is -0.00158. The Kier molecular flexibility index (Phi) is 6.70. The minimum Gasteiger partial charge on any atom is -0.351 e. The van der Waals surface area contributed by atoms with Crippen LogP contribution in [0.5, 0.6) is 0 Å². The van der Waals surface area contributed by atoms with Crippen molar-refractivity contribution in [1.29, 1.82) is 0 Å². The van der Waals surface area contributed by atoms with E-state index < -0.39 is 0 Å². The summed E-state index contributed by atoms with van der Waals surface area (Å²) in [4.78, 5) is 36.0. The highest BCUT2D eigenvalue weighted by atomic mass is 16.2. The van der Waals surface area contributed by atoms with E-state index in [4.69, 9.17) is 0 Å². The number of piperidine rings is 1. The highest BCUT2D eigenvalue weighted by molar-refractivity contribution is 6.04. The van der Waals surface area contributed by atoms with Crippen molar-refractivity contribution in [3.8, 4) is 0 Å². The molecule has 1 fully saturated rings. The summed E-state index contributed by atoms with van der Waals surface area (Å²) >= 11 is 0. The van der Waals surface area contributed by atoms with E-state index in [1.54, 1.807) is 24.5 Å². The predicted molar refractivity (Wildman–Crippen MR) is 130 cm³/mol. The van der Waals surface area contributed by atoms with Crippen molar-refractivity contribution in [2.75, 3.05) is 18.4 Å². The van der Waals surface area contributed by atoms with Gasteiger partial charge in [0.2, 0.25) is 5.91 Å². The molecular formula is C26H31N5O2. The molecule has 1 aromatic carbocycles. The van der Waals surface area contributed by atoms with Gasteiger partial charge >= 0.3 is 0 Å². The number of nitrogens with zero attached hydrogens (tertiary/aromatic N) is 3. The highest BCUT2D eigenvalue weighted by Crippen LogP contribution is 2.21. The van der Waals surface area contributed by atoms with Crippen LogP contribution in [0.2, 0.25) is 0 Å². The molecule has 0 radical (unpaired) electrons. The third-order valence-corrected chi connectivity index (χ3v) is 5.77. The lowest BCUT2D eigenvalue weighted by atomic mass is 9.94. The Hall–Kier alpha value is -3.32. The molecular weight excluding hydrogens is 414 g/mol. The van der Waals surface area contributed by atoms with Gasteiger partial charge in [0.05, 0.1) is 5.52 Å². The van der Waals surface area contributed by atoms with E-state index in [0.717, 1.165) is 54.6 Å². The van der Waals surface area contributed by atoms with E-state index in [-0.39, 0.29) is 23.3 Å². The molecule has 172 valence electrons. The quantitative estimate of drug-likeness (QED) is 0.620. The van der Waals surface area contributed by atoms with E-state index in [2.05, 4.69) is 31.6 Å². The molecule has 33 heavy (non-hydrogen) atoms. The first kappa shape index (κ1) is 22.9. The SMILES string of the molecule is CC(C)(C)NC(=O)C1CCN(Cc2cccc(NC(=O)c3ccc4cnccc4n3)c2)CC1. The standard InChI is InChI=1S/C26H31N5O2/c1-26(2,3)30-24(32)19-10-13-31(14-11-19)17-18-5-4-6-21(15-18)28-25(33)23-8-7-20-16-27-12-9-22(20)29-23/h4-9,12,15-16,19H,10-11,13-14,17H2,1-3H3,(H,28,33)(H,30,32). The minimum absolute atomic E-state index is 0.0799. The predicted octanol–water partition coefficient (Wildman–Crippen LogP) is 4.01. The molecule has 1 aliphatic heterocycles. The summed E-state index contributed by atoms with van der Waals surface area (Å²) < 4.78 is 0. The van der Waals surface area contributed by atoms with Crippen molar-refractivity contribution in [3.63, 3.8) is 0 Å². The van der Waals surface area contributed by atoms with Crippen LogP contribution >= 0.6 is 0 Å². The number of hydrogen-bond acceptors (Lipinski definition) is 5. The maximum absolute atomic E-state index is 12.7. The van der Waals surface area contributed by atoms with Gasteiger partial charge in [-0.15, -0.1) is 0 Å². The first-order valence-corrected chi connectivity index (χ1v) is 11.4. The number of carbonyl (C=O) groups excluding carboxylic acids is 2. The van der Waals surface area contributed by atoms with Crippen molar-refractivity contribution in [3.05, 3.63) is 66.1 Å². The van der Waals surface area contributed by atoms with E-state index in [0.29, 0.717) is 5.69 Å². The minimum atomic E-state index is -0.239. The zero-order chi connectivity index (χ0) is 23.4. The lowest BCUT2D eigenvalue weighted by molar-refractivity contribution is -0.127. The molecule has 0 saturated carbocycles. The van der Waals surface area contributed by atoms with Gasteiger partial charge in [-0.25, -0.2) is 4.98 Å². The van der Waals surface area contributed by atoms with Crippen LogP contribution in [-0.2, 0) is 11.3 Å². The molecule has 4 rings (SSSR count). The number of nitrogens with one attached hydrogen (secondary N) is 2. The molecule has 2 aromatic heterocycles. The topological polar surface area (TPSA) is 87.2 Å². The molecule has 7 nitrogen and oxygen atoms in total. The fourth-order valence-electron chi connectivity index (χ4n) is 4.12. The van der Waals surface area contributed by atoms with Crippen molar-refractivity contribution in [2.24, 2.45) is 5.92 Å². The van der Waals surface area contributed by atoms with Crippen LogP contribution in [0.15, 0.2) is 54.9 Å². The zero-order valence-corrected chi connectivity index (χ0v) is 19.5. The number of anilines is 1. The molecule has 7 heteroatoms. The Balaban J connectivity index is 1.33. The van der Waals surface area contributed by atoms with Gasteiger partial charge < -0.3 is 10.6 Å². The number of amides is 2. The summed E-state index contributed by atoms with van der Waals surface area (Å²) in [5, 5.41) is 6.95. The first-order valence-electron chi connectivity index (χ1n) is 11.4. The monoisotopic (exact) mass is 445 g/mol. The lowest BCUT2D eigenvalue weighted by Gasteiger charge is -2.33. The van der Waals surface area contributed by atoms with Crippen molar-refractivity contribution in [1.82, 2.24) is 20.2 Å². The van der Waals surface area contributed by atoms with Gasteiger partial charge in [-0.05, 0) is 82.6 Å². The van der Waals surface area contributed by atoms with Crippen LogP contribution in [0.3, 0.4) is 0 Å². The summed E-state index contributed by atoms with van der Waals surface area (Å²) in [6, 6.07) is 13.3. The second-order valence-electron chi connectivity index (χ2n) is 9.71. The number of benzene rings is 1. The molecule has 0 unspecified atom stereocenters. The smallest absolute Gasteiger partial charge is 0.274 e. The summed E-state index contributed by atoms with van der Waals surface area (Å²) in [6.45, 7) is 8.60. The fourth-order valence-corrected chi connectivity index (χ4v) is 4.12. The number of aromatic nitrogens is 2. The van der Waals surface area contributed by atoms with Gasteiger partial charge in [0, 0.05) is 41.5 Å². The Morgan fingerprint density at radius 3 is 2.64 bits per heavy atom. The molecule has 2 N–H and O–H groups in total. The first-order chi connectivity index (χ1) is 15.8. The largest absolute Gasteiger partial charge is 0.351 e. The number of likely N-dealkylation sites (tertiary alicyclic amines) is 1. The maximum Gasteiger partial charge on any atom is 0.274 e. The number of rotatable bonds is 5. The zero-order valence-electron chi connectivity index (χ0n) is 19.5. The van der Waals surface area contributed by atoms with Crippen LogP contribution in [0, 0.1) is 5.92 Å². The third kappa shape index (κ3) is 6.14. The second kappa shape index (κ2) is 9.67. The van der Waals surface area contributed by atoms with Crippen LogP contribution < -0.4 is 10.6 Å². The van der Waals surface area contributed by atoms with Gasteiger partial charge in [0.15, 0.2) is 0 Å². The Bertz CT molecular complexity index is 1150. The lowest BCUT2D eigenvalue weighted by Crippen LogP contribution is -2.46. The van der Waals surface area contributed by atoms with Crippen LogP contribution in [0.1, 0.15) is 49.7 Å². The average Bonchev–Trinajstić information content (AvgIpc) is 2.78. The molecule has 3 heterocycles. The van der Waals surface area contributed by atoms with Crippen LogP contribution in [-0.4, -0.2) is 45.3 Å². The number of hydrogen-bond donors (Lipinski definition) is 2. The molecule has 1 aliphatic rings. The summed E-state index contributed by atoms with van der Waals surface area (Å²) in [5.41, 5.74) is 2.79. The maximum atomic E-state index is 12.7. The normalized spacial score (nSPS) is 15.4. The Morgan fingerprint density at radius 1 is 1.09 bits per heavy atom. The van der Waals surface area contributed by atoms with Crippen molar-refractivity contribution < 1.29 is 9.59 Å². The highest BCUT2D eigenvalue weighted by Gasteiger charge is 2.27. The van der Waals surface area contributed by atoms with Gasteiger partial charge in [0.1, 0.15) is 5.69 Å². The number of carbonyl (C=O) groups is 2. The van der Waals surface area contributed by atoms with Crippen LogP contribution in [0.4, 0.5) is 5.69 Å². The molecule has 2 amide bonds. The van der Waals surface area contributed by atoms with E-state index >= 15 is 0 Å². The molecule has 0 spiro atoms. The number of pyridine rings is 2. The molecule has 1 saturated heterocycles. The average molecular weight is 446 g/mol. The molecule has 0 bridgehead atoms. The van der Waals surface area contributed by atoms with E-state index in [1.165, 1.54) is 0 Å². The molecule has 0 aliphatic carbocycles. The fraction of sp³-hybridized carbons (Fsp3) is 0.385. The van der Waals surface area contributed by atoms with Gasteiger partial charge in [-0.3, -0.25) is 19.5 Å². The van der Waals surface area contributed by atoms with Crippen molar-refractivity contribution in [2.45, 2.75) is 45.7 Å². The van der Waals surface area contributed by atoms with Gasteiger partial charge in [0.25, 0.3) is 5.91 Å². The second-order valence-corrected chi connectivity index (χ2v) is 9.71. The summed E-state index contributed by atoms with van der Waals surface area (Å²) in [7, 11) is 0. The molecule has 0 atom stereocenters.